The lowest BCUT2D eigenvalue weighted by atomic mass is 10.1. The molecule has 2 aromatic rings. The Morgan fingerprint density at radius 3 is 2.84 bits per heavy atom. The van der Waals surface area contributed by atoms with Gasteiger partial charge in [0.1, 0.15) is 11.5 Å². The quantitative estimate of drug-likeness (QED) is 0.621. The average Bonchev–Trinajstić information content (AvgIpc) is 2.86. The van der Waals surface area contributed by atoms with E-state index >= 15 is 0 Å². The van der Waals surface area contributed by atoms with Gasteiger partial charge in [-0.1, -0.05) is 6.07 Å². The second-order valence-corrected chi connectivity index (χ2v) is 3.86. The molecule has 0 fully saturated rings. The molecule has 0 aliphatic heterocycles. The van der Waals surface area contributed by atoms with Gasteiger partial charge in [-0.05, 0) is 23.8 Å². The van der Waals surface area contributed by atoms with Crippen LogP contribution in [0.25, 0.3) is 0 Å². The van der Waals surface area contributed by atoms with Gasteiger partial charge in [-0.3, -0.25) is 9.48 Å². The molecule has 98 valence electrons. The van der Waals surface area contributed by atoms with Gasteiger partial charge < -0.3 is 4.74 Å². The number of carbonyl (C=O) groups excluding carboxylic acids is 2. The first-order valence-electron chi connectivity index (χ1n) is 5.49. The minimum absolute atomic E-state index is 0.111. The average molecular weight is 262 g/mol. The van der Waals surface area contributed by atoms with E-state index < -0.39 is 11.8 Å². The van der Waals surface area contributed by atoms with E-state index in [9.17, 15) is 14.0 Å². The second kappa shape index (κ2) is 5.43. The Morgan fingerprint density at radius 1 is 1.47 bits per heavy atom. The minimum Gasteiger partial charge on any atom is -0.465 e. The molecule has 0 spiro atoms. The van der Waals surface area contributed by atoms with Crippen molar-refractivity contribution in [3.05, 3.63) is 53.1 Å². The van der Waals surface area contributed by atoms with Crippen LogP contribution in [-0.4, -0.2) is 29.1 Å². The maximum absolute atomic E-state index is 13.7. The van der Waals surface area contributed by atoms with Crippen LogP contribution in [-0.2, 0) is 11.3 Å². The summed E-state index contributed by atoms with van der Waals surface area (Å²) in [5.41, 5.74) is 0.831. The molecule has 5 nitrogen and oxygen atoms in total. The predicted octanol–water partition coefficient (Wildman–Crippen LogP) is 1.67. The van der Waals surface area contributed by atoms with Crippen molar-refractivity contribution in [3.63, 3.8) is 0 Å². The zero-order valence-corrected chi connectivity index (χ0v) is 10.2. The van der Waals surface area contributed by atoms with Gasteiger partial charge in [-0.25, -0.2) is 9.18 Å². The summed E-state index contributed by atoms with van der Waals surface area (Å²) in [6.45, 7) is 0.312. The molecule has 6 heteroatoms. The van der Waals surface area contributed by atoms with Crippen LogP contribution in [0.3, 0.4) is 0 Å². The zero-order chi connectivity index (χ0) is 13.8. The van der Waals surface area contributed by atoms with E-state index in [0.717, 1.165) is 0 Å². The van der Waals surface area contributed by atoms with E-state index in [1.54, 1.807) is 18.3 Å². The summed E-state index contributed by atoms with van der Waals surface area (Å²) < 4.78 is 19.6. The van der Waals surface area contributed by atoms with Gasteiger partial charge >= 0.3 is 5.97 Å². The van der Waals surface area contributed by atoms with Gasteiger partial charge in [0.2, 0.25) is 0 Å². The third kappa shape index (κ3) is 2.85. The molecule has 1 aromatic heterocycles. The van der Waals surface area contributed by atoms with Crippen molar-refractivity contribution in [2.45, 2.75) is 6.54 Å². The number of hydrogen-bond donors (Lipinski definition) is 0. The Morgan fingerprint density at radius 2 is 2.26 bits per heavy atom. The number of rotatable bonds is 4. The van der Waals surface area contributed by atoms with Crippen LogP contribution in [0.5, 0.6) is 0 Å². The minimum atomic E-state index is -0.716. The van der Waals surface area contributed by atoms with Crippen molar-refractivity contribution in [3.8, 4) is 0 Å². The fourth-order valence-electron chi connectivity index (χ4n) is 1.65. The summed E-state index contributed by atoms with van der Waals surface area (Å²) in [6, 6.07) is 5.78. The molecular formula is C13H11FN2O3. The highest BCUT2D eigenvalue weighted by atomic mass is 19.1. The number of carbonyl (C=O) groups is 2. The van der Waals surface area contributed by atoms with E-state index in [1.165, 1.54) is 23.9 Å². The van der Waals surface area contributed by atoms with Gasteiger partial charge in [0.05, 0.1) is 19.2 Å². The van der Waals surface area contributed by atoms with Crippen LogP contribution in [0.4, 0.5) is 4.39 Å². The van der Waals surface area contributed by atoms with Crippen molar-refractivity contribution in [1.29, 1.82) is 0 Å². The van der Waals surface area contributed by atoms with E-state index in [1.807, 2.05) is 0 Å². The Hall–Kier alpha value is -2.50. The number of aromatic nitrogens is 2. The molecule has 1 heterocycles. The molecule has 0 radical (unpaired) electrons. The summed E-state index contributed by atoms with van der Waals surface area (Å²) >= 11 is 0. The van der Waals surface area contributed by atoms with Crippen molar-refractivity contribution in [2.24, 2.45) is 0 Å². The van der Waals surface area contributed by atoms with Crippen molar-refractivity contribution >= 4 is 12.3 Å². The molecule has 0 aliphatic rings. The molecular weight excluding hydrogens is 251 g/mol. The Balaban J connectivity index is 2.20. The molecule has 2 rings (SSSR count). The SMILES string of the molecule is COC(=O)c1ccc(Cn2ccc(C=O)n2)cc1F. The second-order valence-electron chi connectivity index (χ2n) is 3.86. The van der Waals surface area contributed by atoms with E-state index in [0.29, 0.717) is 24.1 Å². The number of methoxy groups -OCH3 is 1. The third-order valence-corrected chi connectivity index (χ3v) is 2.57. The number of aldehydes is 1. The molecule has 0 bridgehead atoms. The molecule has 0 unspecified atom stereocenters. The Kier molecular flexibility index (Phi) is 3.70. The molecule has 1 aromatic carbocycles. The lowest BCUT2D eigenvalue weighted by Crippen LogP contribution is -2.06. The van der Waals surface area contributed by atoms with Crippen LogP contribution in [0.1, 0.15) is 26.4 Å². The lowest BCUT2D eigenvalue weighted by molar-refractivity contribution is 0.0595. The van der Waals surface area contributed by atoms with E-state index in [2.05, 4.69) is 9.84 Å². The fourth-order valence-corrected chi connectivity index (χ4v) is 1.65. The Labute approximate surface area is 108 Å². The third-order valence-electron chi connectivity index (χ3n) is 2.57. The standard InChI is InChI=1S/C13H11FN2O3/c1-19-13(18)11-3-2-9(6-12(11)14)7-16-5-4-10(8-17)15-16/h2-6,8H,7H2,1H3. The molecule has 0 N–H and O–H groups in total. The Bertz CT molecular complexity index is 622. The number of hydrogen-bond acceptors (Lipinski definition) is 4. The van der Waals surface area contributed by atoms with E-state index in [-0.39, 0.29) is 5.56 Å². The highest BCUT2D eigenvalue weighted by Gasteiger charge is 2.12. The van der Waals surface area contributed by atoms with E-state index in [4.69, 9.17) is 0 Å². The molecule has 19 heavy (non-hydrogen) atoms. The summed E-state index contributed by atoms with van der Waals surface area (Å²) in [4.78, 5) is 21.7. The van der Waals surface area contributed by atoms with Gasteiger partial charge in [-0.15, -0.1) is 0 Å². The van der Waals surface area contributed by atoms with Gasteiger partial charge in [0, 0.05) is 6.20 Å². The van der Waals surface area contributed by atoms with Crippen LogP contribution < -0.4 is 0 Å². The molecule has 0 saturated heterocycles. The number of ether oxygens (including phenoxy) is 1. The topological polar surface area (TPSA) is 61.2 Å². The van der Waals surface area contributed by atoms with Gasteiger partial charge in [0.15, 0.2) is 6.29 Å². The van der Waals surface area contributed by atoms with Gasteiger partial charge in [0.25, 0.3) is 0 Å². The van der Waals surface area contributed by atoms with Crippen LogP contribution in [0, 0.1) is 5.82 Å². The first-order chi connectivity index (χ1) is 9.13. The number of nitrogens with zero attached hydrogens (tertiary/aromatic N) is 2. The molecule has 0 saturated carbocycles. The molecule has 0 atom stereocenters. The summed E-state index contributed by atoms with van der Waals surface area (Å²) in [5, 5.41) is 3.96. The zero-order valence-electron chi connectivity index (χ0n) is 10.2. The highest BCUT2D eigenvalue weighted by molar-refractivity contribution is 5.89. The fraction of sp³-hybridized carbons (Fsp3) is 0.154. The molecule has 0 aliphatic carbocycles. The van der Waals surface area contributed by atoms with Gasteiger partial charge in [-0.2, -0.15) is 5.10 Å². The van der Waals surface area contributed by atoms with Crippen LogP contribution >= 0.6 is 0 Å². The monoisotopic (exact) mass is 262 g/mol. The summed E-state index contributed by atoms with van der Waals surface area (Å²) in [7, 11) is 1.19. The van der Waals surface area contributed by atoms with Crippen molar-refractivity contribution < 1.29 is 18.7 Å². The lowest BCUT2D eigenvalue weighted by Gasteiger charge is -2.05. The first kappa shape index (κ1) is 12.9. The summed E-state index contributed by atoms with van der Waals surface area (Å²) in [6.07, 6.45) is 2.26. The number of halogens is 1. The largest absolute Gasteiger partial charge is 0.465 e. The predicted molar refractivity (Wildman–Crippen MR) is 64.5 cm³/mol. The highest BCUT2D eigenvalue weighted by Crippen LogP contribution is 2.12. The normalized spacial score (nSPS) is 10.2. The number of esters is 1. The maximum Gasteiger partial charge on any atom is 0.340 e. The van der Waals surface area contributed by atoms with Crippen molar-refractivity contribution in [1.82, 2.24) is 9.78 Å². The smallest absolute Gasteiger partial charge is 0.340 e. The first-order valence-corrected chi connectivity index (χ1v) is 5.49. The molecule has 0 amide bonds. The van der Waals surface area contributed by atoms with Crippen molar-refractivity contribution in [2.75, 3.05) is 7.11 Å². The number of benzene rings is 1. The summed E-state index contributed by atoms with van der Waals surface area (Å²) in [5.74, 6) is -1.36. The maximum atomic E-state index is 13.7. The van der Waals surface area contributed by atoms with Crippen LogP contribution in [0.2, 0.25) is 0 Å². The van der Waals surface area contributed by atoms with Crippen LogP contribution in [0.15, 0.2) is 30.5 Å².